The van der Waals surface area contributed by atoms with Crippen LogP contribution in [0.3, 0.4) is 0 Å². The Balaban J connectivity index is 1.82. The average Bonchev–Trinajstić information content (AvgIpc) is 2.87. The van der Waals surface area contributed by atoms with E-state index in [9.17, 15) is 0 Å². The fourth-order valence-corrected chi connectivity index (χ4v) is 4.31. The molecule has 1 saturated heterocycles. The molecule has 1 aliphatic heterocycles. The molecule has 0 unspecified atom stereocenters. The molecule has 2 heterocycles. The Morgan fingerprint density at radius 1 is 1.38 bits per heavy atom. The highest BCUT2D eigenvalue weighted by atomic mass is 32.1. The lowest BCUT2D eigenvalue weighted by molar-refractivity contribution is 0.189. The normalized spacial score (nSPS) is 19.3. The quantitative estimate of drug-likeness (QED) is 0.835. The third kappa shape index (κ3) is 4.78. The van der Waals surface area contributed by atoms with Gasteiger partial charge in [0.05, 0.1) is 6.04 Å². The second-order valence-corrected chi connectivity index (χ2v) is 7.42. The largest absolute Gasteiger partial charge is 0.312 e. The molecule has 0 amide bonds. The molecular weight excluding hydrogens is 278 g/mol. The van der Waals surface area contributed by atoms with Gasteiger partial charge in [0.25, 0.3) is 0 Å². The minimum absolute atomic E-state index is 0.499. The van der Waals surface area contributed by atoms with Crippen LogP contribution >= 0.6 is 11.3 Å². The molecule has 1 N–H and O–H groups in total. The molecule has 0 radical (unpaired) electrons. The maximum Gasteiger partial charge on any atom is 0.0564 e. The van der Waals surface area contributed by atoms with E-state index in [2.05, 4.69) is 54.5 Å². The number of piperidine rings is 1. The summed E-state index contributed by atoms with van der Waals surface area (Å²) in [5.74, 6) is 0. The second kappa shape index (κ2) is 8.28. The topological polar surface area (TPSA) is 18.5 Å². The molecule has 1 aliphatic rings. The van der Waals surface area contributed by atoms with Crippen molar-refractivity contribution in [3.8, 4) is 0 Å². The van der Waals surface area contributed by atoms with E-state index in [4.69, 9.17) is 0 Å². The molecule has 1 aromatic heterocycles. The highest BCUT2D eigenvalue weighted by molar-refractivity contribution is 7.10. The van der Waals surface area contributed by atoms with E-state index >= 15 is 0 Å². The predicted molar refractivity (Wildman–Crippen MR) is 93.2 cm³/mol. The van der Waals surface area contributed by atoms with Gasteiger partial charge >= 0.3 is 0 Å². The molecule has 0 aliphatic carbocycles. The molecule has 0 aromatic carbocycles. The summed E-state index contributed by atoms with van der Waals surface area (Å²) < 4.78 is 0. The van der Waals surface area contributed by atoms with Crippen LogP contribution in [0.25, 0.3) is 0 Å². The first-order chi connectivity index (χ1) is 10.1. The van der Waals surface area contributed by atoms with Crippen LogP contribution in [-0.2, 0) is 0 Å². The Morgan fingerprint density at radius 3 is 2.62 bits per heavy atom. The van der Waals surface area contributed by atoms with Crippen LogP contribution in [-0.4, -0.2) is 56.1 Å². The molecule has 2 rings (SSSR count). The number of hydrogen-bond acceptors (Lipinski definition) is 4. The summed E-state index contributed by atoms with van der Waals surface area (Å²) in [4.78, 5) is 6.46. The van der Waals surface area contributed by atoms with Crippen molar-refractivity contribution in [2.45, 2.75) is 45.2 Å². The molecule has 21 heavy (non-hydrogen) atoms. The molecule has 1 atom stereocenters. The molecule has 4 heteroatoms. The summed E-state index contributed by atoms with van der Waals surface area (Å²) in [6, 6.07) is 3.43. The molecule has 1 aromatic rings. The van der Waals surface area contributed by atoms with Crippen molar-refractivity contribution in [1.29, 1.82) is 0 Å². The molecule has 0 bridgehead atoms. The first-order valence-corrected chi connectivity index (χ1v) is 9.16. The third-order valence-corrected chi connectivity index (χ3v) is 5.68. The summed E-state index contributed by atoms with van der Waals surface area (Å²) >= 11 is 1.89. The zero-order chi connectivity index (χ0) is 15.2. The van der Waals surface area contributed by atoms with Crippen LogP contribution in [0, 0.1) is 6.92 Å². The molecule has 1 fully saturated rings. The number of nitrogens with one attached hydrogen (secondary N) is 1. The number of aryl methyl sites for hydroxylation is 1. The van der Waals surface area contributed by atoms with Gasteiger partial charge < -0.3 is 15.1 Å². The number of hydrogen-bond donors (Lipinski definition) is 1. The van der Waals surface area contributed by atoms with Gasteiger partial charge in [0.15, 0.2) is 0 Å². The maximum absolute atomic E-state index is 3.82. The monoisotopic (exact) mass is 309 g/mol. The fourth-order valence-electron chi connectivity index (χ4n) is 3.19. The lowest BCUT2D eigenvalue weighted by atomic mass is 10.0. The number of rotatable bonds is 7. The highest BCUT2D eigenvalue weighted by Crippen LogP contribution is 2.27. The molecule has 120 valence electrons. The minimum atomic E-state index is 0.499. The van der Waals surface area contributed by atoms with Crippen LogP contribution in [0.1, 0.15) is 42.7 Å². The van der Waals surface area contributed by atoms with Gasteiger partial charge in [-0.2, -0.15) is 0 Å². The van der Waals surface area contributed by atoms with Crippen LogP contribution in [0.5, 0.6) is 0 Å². The average molecular weight is 310 g/mol. The van der Waals surface area contributed by atoms with Crippen LogP contribution in [0.15, 0.2) is 11.4 Å². The zero-order valence-electron chi connectivity index (χ0n) is 14.1. The summed E-state index contributed by atoms with van der Waals surface area (Å²) in [5, 5.41) is 6.03. The van der Waals surface area contributed by atoms with Gasteiger partial charge in [-0.15, -0.1) is 11.3 Å². The molecule has 0 saturated carbocycles. The first-order valence-electron chi connectivity index (χ1n) is 8.28. The number of thiophene rings is 1. The fraction of sp³-hybridized carbons (Fsp3) is 0.765. The van der Waals surface area contributed by atoms with Crippen LogP contribution in [0.2, 0.25) is 0 Å². The van der Waals surface area contributed by atoms with Crippen LogP contribution in [0.4, 0.5) is 0 Å². The van der Waals surface area contributed by atoms with Gasteiger partial charge in [0, 0.05) is 17.5 Å². The van der Waals surface area contributed by atoms with Crippen molar-refractivity contribution in [2.75, 3.05) is 40.3 Å². The summed E-state index contributed by atoms with van der Waals surface area (Å²) in [7, 11) is 4.38. The van der Waals surface area contributed by atoms with Gasteiger partial charge in [-0.1, -0.05) is 6.92 Å². The van der Waals surface area contributed by atoms with E-state index in [1.165, 1.54) is 49.3 Å². The van der Waals surface area contributed by atoms with Crippen molar-refractivity contribution in [3.63, 3.8) is 0 Å². The van der Waals surface area contributed by atoms with Gasteiger partial charge in [0.2, 0.25) is 0 Å². The SMILES string of the molecule is CCCN1CCC(NC[C@H](c2sccc2C)N(C)C)CC1. The Hall–Kier alpha value is -0.420. The smallest absolute Gasteiger partial charge is 0.0564 e. The predicted octanol–water partition coefficient (Wildman–Crippen LogP) is 3.12. The van der Waals surface area contributed by atoms with Crippen molar-refractivity contribution >= 4 is 11.3 Å². The van der Waals surface area contributed by atoms with Gasteiger partial charge in [-0.05, 0) is 76.9 Å². The molecule has 0 spiro atoms. The lowest BCUT2D eigenvalue weighted by Gasteiger charge is -2.34. The van der Waals surface area contributed by atoms with E-state index in [-0.39, 0.29) is 0 Å². The Labute approximate surface area is 134 Å². The molecular formula is C17H31N3S. The van der Waals surface area contributed by atoms with Gasteiger partial charge in [-0.25, -0.2) is 0 Å². The maximum atomic E-state index is 3.82. The number of nitrogens with zero attached hydrogens (tertiary/aromatic N) is 2. The second-order valence-electron chi connectivity index (χ2n) is 6.47. The Bertz CT molecular complexity index is 408. The van der Waals surface area contributed by atoms with Crippen molar-refractivity contribution in [2.24, 2.45) is 0 Å². The zero-order valence-corrected chi connectivity index (χ0v) is 14.9. The summed E-state index contributed by atoms with van der Waals surface area (Å²) in [6.45, 7) is 9.35. The minimum Gasteiger partial charge on any atom is -0.312 e. The highest BCUT2D eigenvalue weighted by Gasteiger charge is 2.22. The van der Waals surface area contributed by atoms with Gasteiger partial charge in [-0.3, -0.25) is 0 Å². The Kier molecular flexibility index (Phi) is 6.68. The number of likely N-dealkylation sites (tertiary alicyclic amines) is 1. The Morgan fingerprint density at radius 2 is 2.10 bits per heavy atom. The first kappa shape index (κ1) is 16.9. The van der Waals surface area contributed by atoms with Crippen molar-refractivity contribution in [1.82, 2.24) is 15.1 Å². The van der Waals surface area contributed by atoms with Gasteiger partial charge in [0.1, 0.15) is 0 Å². The van der Waals surface area contributed by atoms with E-state index < -0.39 is 0 Å². The summed E-state index contributed by atoms with van der Waals surface area (Å²) in [6.07, 6.45) is 3.87. The van der Waals surface area contributed by atoms with E-state index in [0.29, 0.717) is 12.1 Å². The van der Waals surface area contributed by atoms with Crippen molar-refractivity contribution in [3.05, 3.63) is 21.9 Å². The number of likely N-dealkylation sites (N-methyl/N-ethyl adjacent to an activating group) is 1. The third-order valence-electron chi connectivity index (χ3n) is 4.55. The lowest BCUT2D eigenvalue weighted by Crippen LogP contribution is -2.44. The molecule has 3 nitrogen and oxygen atoms in total. The van der Waals surface area contributed by atoms with E-state index in [1.807, 2.05) is 11.3 Å². The van der Waals surface area contributed by atoms with E-state index in [1.54, 1.807) is 0 Å². The van der Waals surface area contributed by atoms with Crippen molar-refractivity contribution < 1.29 is 0 Å². The summed E-state index contributed by atoms with van der Waals surface area (Å²) in [5.41, 5.74) is 1.43. The van der Waals surface area contributed by atoms with E-state index in [0.717, 1.165) is 6.54 Å². The standard InChI is InChI=1S/C17H31N3S/c1-5-9-20-10-6-15(7-11-20)18-13-16(19(3)4)17-14(2)8-12-21-17/h8,12,15-16,18H,5-7,9-11,13H2,1-4H3/t16-/m1/s1. The van der Waals surface area contributed by atoms with Crippen LogP contribution < -0.4 is 5.32 Å².